The van der Waals surface area contributed by atoms with E-state index in [4.69, 9.17) is 15.2 Å². The smallest absolute Gasteiger partial charge is 0.283 e. The minimum Gasteiger partial charge on any atom is -0.462 e. The van der Waals surface area contributed by atoms with Gasteiger partial charge in [-0.05, 0) is 44.9 Å². The normalized spacial score (nSPS) is 27.0. The second-order valence-corrected chi connectivity index (χ2v) is 8.01. The highest BCUT2D eigenvalue weighted by atomic mass is 19.3. The van der Waals surface area contributed by atoms with E-state index in [1.807, 2.05) is 20.8 Å². The van der Waals surface area contributed by atoms with Gasteiger partial charge in [0.05, 0.1) is 5.60 Å². The van der Waals surface area contributed by atoms with Gasteiger partial charge in [0, 0.05) is 17.9 Å². The van der Waals surface area contributed by atoms with Crippen LogP contribution in [-0.4, -0.2) is 36.5 Å². The van der Waals surface area contributed by atoms with Crippen molar-refractivity contribution < 1.29 is 27.4 Å². The zero-order valence-electron chi connectivity index (χ0n) is 15.5. The molecule has 8 heteroatoms. The number of amidine groups is 1. The van der Waals surface area contributed by atoms with Gasteiger partial charge in [-0.15, -0.1) is 0 Å². The summed E-state index contributed by atoms with van der Waals surface area (Å²) in [6.45, 7) is 5.35. The SMILES string of the molecule is CC(C)(C)OCC(=O)Cc1ccc(F)c([C@@]2(C(F)F)N=C(N)O[C@@H]3C[C@@H]32)c1. The van der Waals surface area contributed by atoms with Gasteiger partial charge in [0.1, 0.15) is 18.5 Å². The van der Waals surface area contributed by atoms with Crippen molar-refractivity contribution in [3.63, 3.8) is 0 Å². The number of ether oxygens (including phenoxy) is 2. The molecule has 1 aromatic carbocycles. The number of rotatable bonds is 6. The molecule has 1 fully saturated rings. The number of carbonyl (C=O) groups excluding carboxylic acids is 1. The maximum atomic E-state index is 14.5. The first-order chi connectivity index (χ1) is 12.5. The summed E-state index contributed by atoms with van der Waals surface area (Å²) >= 11 is 0. The van der Waals surface area contributed by atoms with E-state index in [9.17, 15) is 18.0 Å². The van der Waals surface area contributed by atoms with Crippen molar-refractivity contribution >= 4 is 11.8 Å². The molecule has 0 amide bonds. The summed E-state index contributed by atoms with van der Waals surface area (Å²) in [5.41, 5.74) is 3.17. The quantitative estimate of drug-likeness (QED) is 0.818. The molecule has 1 aromatic rings. The second kappa shape index (κ2) is 6.82. The molecule has 0 saturated heterocycles. The van der Waals surface area contributed by atoms with Crippen LogP contribution in [0.4, 0.5) is 13.2 Å². The molecule has 148 valence electrons. The van der Waals surface area contributed by atoms with Gasteiger partial charge >= 0.3 is 0 Å². The highest BCUT2D eigenvalue weighted by Gasteiger charge is 2.64. The van der Waals surface area contributed by atoms with E-state index in [0.29, 0.717) is 12.0 Å². The molecule has 0 radical (unpaired) electrons. The minimum atomic E-state index is -2.96. The summed E-state index contributed by atoms with van der Waals surface area (Å²) in [4.78, 5) is 16.0. The van der Waals surface area contributed by atoms with Crippen LogP contribution in [0.2, 0.25) is 0 Å². The second-order valence-electron chi connectivity index (χ2n) is 8.01. The fourth-order valence-corrected chi connectivity index (χ4v) is 3.36. The maximum Gasteiger partial charge on any atom is 0.283 e. The Hall–Kier alpha value is -2.09. The fraction of sp³-hybridized carbons (Fsp3) is 0.579. The number of Topliss-reactive ketones (excluding diaryl/α,β-unsaturated/α-hetero) is 1. The lowest BCUT2D eigenvalue weighted by Crippen LogP contribution is -2.43. The van der Waals surface area contributed by atoms with Crippen molar-refractivity contribution in [2.45, 2.75) is 57.3 Å². The molecule has 27 heavy (non-hydrogen) atoms. The predicted molar refractivity (Wildman–Crippen MR) is 93.1 cm³/mol. The molecule has 2 N–H and O–H groups in total. The third-order valence-electron chi connectivity index (χ3n) is 4.73. The van der Waals surface area contributed by atoms with Gasteiger partial charge in [0.25, 0.3) is 12.4 Å². The Morgan fingerprint density at radius 2 is 2.15 bits per heavy atom. The van der Waals surface area contributed by atoms with Gasteiger partial charge in [-0.3, -0.25) is 4.79 Å². The van der Waals surface area contributed by atoms with Crippen molar-refractivity contribution in [2.24, 2.45) is 16.6 Å². The van der Waals surface area contributed by atoms with Crippen molar-refractivity contribution in [1.29, 1.82) is 0 Å². The summed E-state index contributed by atoms with van der Waals surface area (Å²) in [5, 5.41) is 0. The zero-order valence-corrected chi connectivity index (χ0v) is 15.5. The topological polar surface area (TPSA) is 73.9 Å². The molecule has 2 aliphatic rings. The van der Waals surface area contributed by atoms with Crippen LogP contribution in [0.3, 0.4) is 0 Å². The number of fused-ring (bicyclic) bond motifs is 1. The molecule has 3 rings (SSSR count). The van der Waals surface area contributed by atoms with Gasteiger partial charge < -0.3 is 15.2 Å². The van der Waals surface area contributed by atoms with Crippen molar-refractivity contribution in [3.05, 3.63) is 35.1 Å². The average Bonchev–Trinajstić information content (AvgIpc) is 3.32. The van der Waals surface area contributed by atoms with Crippen molar-refractivity contribution in [1.82, 2.24) is 0 Å². The van der Waals surface area contributed by atoms with Crippen LogP contribution in [0.15, 0.2) is 23.2 Å². The van der Waals surface area contributed by atoms with E-state index in [1.165, 1.54) is 12.1 Å². The monoisotopic (exact) mass is 384 g/mol. The van der Waals surface area contributed by atoms with Crippen LogP contribution < -0.4 is 5.73 Å². The summed E-state index contributed by atoms with van der Waals surface area (Å²) in [7, 11) is 0. The van der Waals surface area contributed by atoms with E-state index in [2.05, 4.69) is 4.99 Å². The molecular weight excluding hydrogens is 361 g/mol. The largest absolute Gasteiger partial charge is 0.462 e. The van der Waals surface area contributed by atoms with E-state index < -0.39 is 35.4 Å². The Morgan fingerprint density at radius 1 is 1.44 bits per heavy atom. The van der Waals surface area contributed by atoms with E-state index in [0.717, 1.165) is 6.07 Å². The number of alkyl halides is 2. The first kappa shape index (κ1) is 19.7. The molecule has 0 unspecified atom stereocenters. The predicted octanol–water partition coefficient (Wildman–Crippen LogP) is 2.95. The Morgan fingerprint density at radius 3 is 2.78 bits per heavy atom. The fourth-order valence-electron chi connectivity index (χ4n) is 3.36. The Kier molecular flexibility index (Phi) is 4.96. The van der Waals surface area contributed by atoms with Crippen LogP contribution in [0, 0.1) is 11.7 Å². The third kappa shape index (κ3) is 3.95. The number of benzene rings is 1. The number of carbonyl (C=O) groups is 1. The third-order valence-corrected chi connectivity index (χ3v) is 4.73. The molecule has 0 bridgehead atoms. The number of ketones is 1. The Labute approximate surface area is 155 Å². The van der Waals surface area contributed by atoms with Crippen LogP contribution in [-0.2, 0) is 26.2 Å². The van der Waals surface area contributed by atoms with Gasteiger partial charge in [0.2, 0.25) is 0 Å². The highest BCUT2D eigenvalue weighted by molar-refractivity contribution is 5.82. The number of nitrogens with two attached hydrogens (primary N) is 1. The van der Waals surface area contributed by atoms with Gasteiger partial charge in [0.15, 0.2) is 11.3 Å². The maximum absolute atomic E-state index is 14.5. The lowest BCUT2D eigenvalue weighted by Gasteiger charge is -2.33. The first-order valence-corrected chi connectivity index (χ1v) is 8.77. The summed E-state index contributed by atoms with van der Waals surface area (Å²) in [5.74, 6) is -1.68. The number of hydrogen-bond acceptors (Lipinski definition) is 5. The standard InChI is InChI=1S/C19H23F3N2O3/c1-18(2,3)26-9-11(25)6-10-4-5-14(20)12(7-10)19(16(21)22)13-8-15(13)27-17(23)24-19/h4-5,7,13,15-16H,6,8-9H2,1-3H3,(H2,23,24)/t13-,15+,19+/m0/s1. The molecule has 1 aliphatic carbocycles. The minimum absolute atomic E-state index is 0.0491. The molecule has 5 nitrogen and oxygen atoms in total. The highest BCUT2D eigenvalue weighted by Crippen LogP contribution is 2.56. The van der Waals surface area contributed by atoms with Crippen LogP contribution >= 0.6 is 0 Å². The molecule has 3 atom stereocenters. The average molecular weight is 384 g/mol. The van der Waals surface area contributed by atoms with E-state index in [-0.39, 0.29) is 30.4 Å². The van der Waals surface area contributed by atoms with Crippen molar-refractivity contribution in [2.75, 3.05) is 6.61 Å². The molecule has 1 aliphatic heterocycles. The van der Waals surface area contributed by atoms with E-state index in [1.54, 1.807) is 0 Å². The van der Waals surface area contributed by atoms with Crippen molar-refractivity contribution in [3.8, 4) is 0 Å². The van der Waals surface area contributed by atoms with Crippen LogP contribution in [0.5, 0.6) is 0 Å². The molecule has 0 aromatic heterocycles. The van der Waals surface area contributed by atoms with Crippen LogP contribution in [0.25, 0.3) is 0 Å². The summed E-state index contributed by atoms with van der Waals surface area (Å²) < 4.78 is 53.3. The lowest BCUT2D eigenvalue weighted by atomic mass is 9.83. The molecule has 1 heterocycles. The first-order valence-electron chi connectivity index (χ1n) is 8.77. The van der Waals surface area contributed by atoms with Gasteiger partial charge in [-0.2, -0.15) is 0 Å². The Balaban J connectivity index is 1.89. The lowest BCUT2D eigenvalue weighted by molar-refractivity contribution is -0.127. The van der Waals surface area contributed by atoms with E-state index >= 15 is 0 Å². The molecular formula is C19H23F3N2O3. The molecule has 0 spiro atoms. The number of nitrogens with zero attached hydrogens (tertiary/aromatic N) is 1. The zero-order chi connectivity index (χ0) is 20.0. The van der Waals surface area contributed by atoms with Gasteiger partial charge in [-0.1, -0.05) is 6.07 Å². The molecule has 1 saturated carbocycles. The Bertz CT molecular complexity index is 776. The van der Waals surface area contributed by atoms with Crippen LogP contribution in [0.1, 0.15) is 38.3 Å². The number of aliphatic imine (C=N–C) groups is 1. The number of halogens is 3. The summed E-state index contributed by atoms with van der Waals surface area (Å²) in [6.07, 6.45) is -3.16. The van der Waals surface area contributed by atoms with Gasteiger partial charge in [-0.25, -0.2) is 18.2 Å². The number of hydrogen-bond donors (Lipinski definition) is 1. The summed E-state index contributed by atoms with van der Waals surface area (Å²) in [6, 6.07) is 3.41.